The predicted molar refractivity (Wildman–Crippen MR) is 77.6 cm³/mol. The Kier molecular flexibility index (Phi) is 4.21. The molecule has 0 saturated carbocycles. The Hall–Kier alpha value is -1.14. The molecule has 0 bridgehead atoms. The van der Waals surface area contributed by atoms with E-state index in [1.165, 1.54) is 11.1 Å². The fourth-order valence-corrected chi connectivity index (χ4v) is 3.04. The van der Waals surface area contributed by atoms with Gasteiger partial charge in [0.05, 0.1) is 25.4 Å². The molecule has 2 heterocycles. The molecular formula is C15H23N3O2. The van der Waals surface area contributed by atoms with E-state index in [1.54, 1.807) is 0 Å². The van der Waals surface area contributed by atoms with E-state index in [2.05, 4.69) is 29.4 Å². The molecule has 0 radical (unpaired) electrons. The molecule has 2 aliphatic heterocycles. The molecule has 1 aromatic carbocycles. The van der Waals surface area contributed by atoms with Crippen molar-refractivity contribution in [3.05, 3.63) is 29.3 Å². The molecule has 1 saturated heterocycles. The van der Waals surface area contributed by atoms with Gasteiger partial charge in [0.15, 0.2) is 0 Å². The third-order valence-corrected chi connectivity index (χ3v) is 4.25. The number of likely N-dealkylation sites (N-methyl/N-ethyl adjacent to an activating group) is 1. The second-order valence-electron chi connectivity index (χ2n) is 5.41. The first-order valence-corrected chi connectivity index (χ1v) is 7.37. The normalized spacial score (nSPS) is 24.2. The molecule has 2 aliphatic rings. The predicted octanol–water partition coefficient (Wildman–Crippen LogP) is 0.847. The summed E-state index contributed by atoms with van der Waals surface area (Å²) < 4.78 is 11.5. The molecule has 110 valence electrons. The van der Waals surface area contributed by atoms with Gasteiger partial charge in [-0.25, -0.2) is 0 Å². The molecule has 1 fully saturated rings. The van der Waals surface area contributed by atoms with Crippen molar-refractivity contribution in [1.29, 1.82) is 0 Å². The summed E-state index contributed by atoms with van der Waals surface area (Å²) in [7, 11) is 0. The molecule has 5 nitrogen and oxygen atoms in total. The summed E-state index contributed by atoms with van der Waals surface area (Å²) in [6.07, 6.45) is 1.07. The highest BCUT2D eigenvalue weighted by molar-refractivity contribution is 5.41. The number of morpholine rings is 1. The van der Waals surface area contributed by atoms with Gasteiger partial charge in [-0.05, 0) is 23.7 Å². The molecule has 0 aromatic heterocycles. The van der Waals surface area contributed by atoms with Gasteiger partial charge >= 0.3 is 0 Å². The summed E-state index contributed by atoms with van der Waals surface area (Å²) in [5.41, 5.74) is 5.38. The van der Waals surface area contributed by atoms with Crippen molar-refractivity contribution in [2.45, 2.75) is 25.5 Å². The maximum absolute atomic E-state index is 5.92. The van der Waals surface area contributed by atoms with Crippen LogP contribution in [-0.2, 0) is 11.2 Å². The van der Waals surface area contributed by atoms with Crippen molar-refractivity contribution >= 4 is 0 Å². The second kappa shape index (κ2) is 6.10. The lowest BCUT2D eigenvalue weighted by Crippen LogP contribution is -2.49. The quantitative estimate of drug-likeness (QED) is 0.631. The Balaban J connectivity index is 1.78. The summed E-state index contributed by atoms with van der Waals surface area (Å²) >= 11 is 0. The SMILES string of the molecule is CCN1CCOC(C(NN)c2ccc3c(c2)CCO3)C1. The van der Waals surface area contributed by atoms with E-state index >= 15 is 0 Å². The number of fused-ring (bicyclic) bond motifs is 1. The summed E-state index contributed by atoms with van der Waals surface area (Å²) in [5.74, 6) is 6.79. The Morgan fingerprint density at radius 2 is 2.35 bits per heavy atom. The zero-order valence-corrected chi connectivity index (χ0v) is 12.0. The zero-order chi connectivity index (χ0) is 13.9. The van der Waals surface area contributed by atoms with E-state index in [0.717, 1.165) is 45.0 Å². The van der Waals surface area contributed by atoms with Gasteiger partial charge in [0, 0.05) is 19.5 Å². The van der Waals surface area contributed by atoms with Crippen LogP contribution < -0.4 is 16.0 Å². The van der Waals surface area contributed by atoms with Crippen LogP contribution in [0.4, 0.5) is 0 Å². The van der Waals surface area contributed by atoms with Gasteiger partial charge < -0.3 is 9.47 Å². The van der Waals surface area contributed by atoms with Crippen molar-refractivity contribution < 1.29 is 9.47 Å². The first kappa shape index (κ1) is 13.8. The van der Waals surface area contributed by atoms with E-state index in [-0.39, 0.29) is 12.1 Å². The van der Waals surface area contributed by atoms with Gasteiger partial charge in [-0.1, -0.05) is 19.1 Å². The van der Waals surface area contributed by atoms with Crippen molar-refractivity contribution in [2.75, 3.05) is 32.8 Å². The maximum Gasteiger partial charge on any atom is 0.122 e. The minimum Gasteiger partial charge on any atom is -0.493 e. The molecule has 0 amide bonds. The number of hydrogen-bond acceptors (Lipinski definition) is 5. The summed E-state index contributed by atoms with van der Waals surface area (Å²) in [4.78, 5) is 2.40. The highest BCUT2D eigenvalue weighted by Gasteiger charge is 2.29. The molecule has 3 N–H and O–H groups in total. The average molecular weight is 277 g/mol. The number of hydrogen-bond donors (Lipinski definition) is 2. The van der Waals surface area contributed by atoms with Crippen molar-refractivity contribution in [3.8, 4) is 5.75 Å². The Morgan fingerprint density at radius 3 is 3.15 bits per heavy atom. The molecule has 5 heteroatoms. The molecule has 20 heavy (non-hydrogen) atoms. The zero-order valence-electron chi connectivity index (χ0n) is 12.0. The first-order valence-electron chi connectivity index (χ1n) is 7.37. The van der Waals surface area contributed by atoms with Gasteiger partial charge in [-0.3, -0.25) is 16.2 Å². The number of nitrogens with zero attached hydrogens (tertiary/aromatic N) is 1. The van der Waals surface area contributed by atoms with Crippen LogP contribution in [0.5, 0.6) is 5.75 Å². The van der Waals surface area contributed by atoms with Crippen LogP contribution in [0.25, 0.3) is 0 Å². The Bertz CT molecular complexity index is 466. The number of nitrogens with two attached hydrogens (primary N) is 1. The van der Waals surface area contributed by atoms with Crippen molar-refractivity contribution in [2.24, 2.45) is 5.84 Å². The van der Waals surface area contributed by atoms with Crippen LogP contribution in [0.2, 0.25) is 0 Å². The minimum atomic E-state index is 0.0234. The topological polar surface area (TPSA) is 59.8 Å². The monoisotopic (exact) mass is 277 g/mol. The molecule has 0 aliphatic carbocycles. The van der Waals surface area contributed by atoms with Gasteiger partial charge in [0.2, 0.25) is 0 Å². The van der Waals surface area contributed by atoms with E-state index in [9.17, 15) is 0 Å². The Morgan fingerprint density at radius 1 is 1.45 bits per heavy atom. The van der Waals surface area contributed by atoms with Crippen molar-refractivity contribution in [3.63, 3.8) is 0 Å². The average Bonchev–Trinajstić information content (AvgIpc) is 2.96. The van der Waals surface area contributed by atoms with Crippen LogP contribution >= 0.6 is 0 Å². The third-order valence-electron chi connectivity index (χ3n) is 4.25. The maximum atomic E-state index is 5.92. The highest BCUT2D eigenvalue weighted by atomic mass is 16.5. The summed E-state index contributed by atoms with van der Waals surface area (Å²) in [5, 5.41) is 0. The van der Waals surface area contributed by atoms with Crippen LogP contribution in [0.1, 0.15) is 24.1 Å². The molecular weight excluding hydrogens is 254 g/mol. The van der Waals surface area contributed by atoms with Crippen LogP contribution in [0.15, 0.2) is 18.2 Å². The lowest BCUT2D eigenvalue weighted by Gasteiger charge is -2.36. The molecule has 2 unspecified atom stereocenters. The van der Waals surface area contributed by atoms with E-state index in [1.807, 2.05) is 6.07 Å². The van der Waals surface area contributed by atoms with Crippen LogP contribution in [-0.4, -0.2) is 43.9 Å². The van der Waals surface area contributed by atoms with Gasteiger partial charge in [-0.15, -0.1) is 0 Å². The molecule has 1 aromatic rings. The van der Waals surface area contributed by atoms with Gasteiger partial charge in [0.1, 0.15) is 5.75 Å². The lowest BCUT2D eigenvalue weighted by atomic mass is 9.98. The minimum absolute atomic E-state index is 0.0234. The highest BCUT2D eigenvalue weighted by Crippen LogP contribution is 2.30. The molecule has 0 spiro atoms. The van der Waals surface area contributed by atoms with Crippen LogP contribution in [0, 0.1) is 0 Å². The largest absolute Gasteiger partial charge is 0.493 e. The standard InChI is InChI=1S/C15H23N3O2/c1-2-18-6-8-20-14(10-18)15(17-16)12-3-4-13-11(9-12)5-7-19-13/h3-4,9,14-15,17H,2,5-8,10,16H2,1H3. The number of rotatable bonds is 4. The van der Waals surface area contributed by atoms with Gasteiger partial charge in [-0.2, -0.15) is 0 Å². The number of ether oxygens (including phenoxy) is 2. The second-order valence-corrected chi connectivity index (χ2v) is 5.41. The fraction of sp³-hybridized carbons (Fsp3) is 0.600. The van der Waals surface area contributed by atoms with Crippen LogP contribution in [0.3, 0.4) is 0 Å². The lowest BCUT2D eigenvalue weighted by molar-refractivity contribution is -0.0456. The molecule has 2 atom stereocenters. The number of hydrazine groups is 1. The Labute approximate surface area is 120 Å². The summed E-state index contributed by atoms with van der Waals surface area (Å²) in [6.45, 7) is 6.70. The van der Waals surface area contributed by atoms with E-state index < -0.39 is 0 Å². The number of nitrogens with one attached hydrogen (secondary N) is 1. The molecule has 3 rings (SSSR count). The van der Waals surface area contributed by atoms with E-state index in [4.69, 9.17) is 15.3 Å². The summed E-state index contributed by atoms with van der Waals surface area (Å²) in [6, 6.07) is 6.35. The fourth-order valence-electron chi connectivity index (χ4n) is 3.04. The smallest absolute Gasteiger partial charge is 0.122 e. The van der Waals surface area contributed by atoms with Crippen molar-refractivity contribution in [1.82, 2.24) is 10.3 Å². The van der Waals surface area contributed by atoms with Gasteiger partial charge in [0.25, 0.3) is 0 Å². The number of benzene rings is 1. The van der Waals surface area contributed by atoms with E-state index in [0.29, 0.717) is 0 Å². The third kappa shape index (κ3) is 2.67. The first-order chi connectivity index (χ1) is 9.81.